The molecule has 0 amide bonds. The van der Waals surface area contributed by atoms with Crippen LogP contribution >= 0.6 is 0 Å². The monoisotopic (exact) mass is 478 g/mol. The lowest BCUT2D eigenvalue weighted by Gasteiger charge is -2.09. The Bertz CT molecular complexity index is 1350. The number of halogens is 3. The van der Waals surface area contributed by atoms with Crippen LogP contribution in [0.1, 0.15) is 45.9 Å². The number of anilines is 4. The maximum absolute atomic E-state index is 12.9. The molecular weight excluding hydrogens is 457 g/mol. The number of carbonyl (C=O) groups excluding carboxylic acids is 1. The van der Waals surface area contributed by atoms with E-state index in [1.165, 1.54) is 25.0 Å². The van der Waals surface area contributed by atoms with Crippen molar-refractivity contribution in [1.82, 2.24) is 20.2 Å². The molecule has 1 saturated carbocycles. The largest absolute Gasteiger partial charge is 0.416 e. The molecule has 5 rings (SSSR count). The van der Waals surface area contributed by atoms with Gasteiger partial charge in [0.15, 0.2) is 11.6 Å². The summed E-state index contributed by atoms with van der Waals surface area (Å²) >= 11 is 0. The first-order valence-corrected chi connectivity index (χ1v) is 11.1. The molecule has 0 radical (unpaired) electrons. The van der Waals surface area contributed by atoms with Crippen molar-refractivity contribution in [2.75, 3.05) is 10.6 Å². The number of aromatic nitrogens is 4. The molecule has 0 atom stereocenters. The third kappa shape index (κ3) is 5.65. The van der Waals surface area contributed by atoms with Crippen molar-refractivity contribution in [2.45, 2.75) is 31.4 Å². The molecule has 1 aliphatic rings. The first-order chi connectivity index (χ1) is 16.8. The van der Waals surface area contributed by atoms with Crippen LogP contribution in [-0.4, -0.2) is 25.9 Å². The van der Waals surface area contributed by atoms with Crippen molar-refractivity contribution in [3.63, 3.8) is 0 Å². The van der Waals surface area contributed by atoms with Crippen LogP contribution in [0.5, 0.6) is 0 Å². The quantitative estimate of drug-likeness (QED) is 0.269. The van der Waals surface area contributed by atoms with Crippen molar-refractivity contribution in [3.8, 4) is 0 Å². The summed E-state index contributed by atoms with van der Waals surface area (Å²) in [6, 6.07) is 15.2. The lowest BCUT2D eigenvalue weighted by atomic mass is 10.0. The predicted molar refractivity (Wildman–Crippen MR) is 125 cm³/mol. The third-order valence-electron chi connectivity index (χ3n) is 5.61. The molecule has 0 spiro atoms. The molecule has 3 N–H and O–H groups in total. The molecule has 35 heavy (non-hydrogen) atoms. The zero-order valence-corrected chi connectivity index (χ0v) is 18.4. The Kier molecular flexibility index (Phi) is 5.94. The van der Waals surface area contributed by atoms with E-state index in [0.717, 1.165) is 17.8 Å². The second-order valence-corrected chi connectivity index (χ2v) is 8.37. The number of hydrogen-bond acceptors (Lipinski definition) is 6. The first-order valence-electron chi connectivity index (χ1n) is 11.1. The highest BCUT2D eigenvalue weighted by molar-refractivity contribution is 5.97. The lowest BCUT2D eigenvalue weighted by Crippen LogP contribution is -2.09. The number of hydrogen-bond donors (Lipinski definition) is 3. The van der Waals surface area contributed by atoms with Crippen LogP contribution < -0.4 is 10.6 Å². The van der Waals surface area contributed by atoms with Gasteiger partial charge in [-0.1, -0.05) is 24.3 Å². The van der Waals surface area contributed by atoms with Crippen molar-refractivity contribution >= 4 is 29.1 Å². The summed E-state index contributed by atoms with van der Waals surface area (Å²) in [4.78, 5) is 21.1. The Hall–Kier alpha value is -4.21. The number of ketones is 1. The zero-order chi connectivity index (χ0) is 24.4. The summed E-state index contributed by atoms with van der Waals surface area (Å²) in [6.45, 7) is 0. The van der Waals surface area contributed by atoms with E-state index in [4.69, 9.17) is 0 Å². The van der Waals surface area contributed by atoms with E-state index in [1.54, 1.807) is 36.5 Å². The predicted octanol–water partition coefficient (Wildman–Crippen LogP) is 6.01. The number of aromatic amines is 1. The fraction of sp³-hybridized carbons (Fsp3) is 0.200. The summed E-state index contributed by atoms with van der Waals surface area (Å²) < 4.78 is 38.7. The Morgan fingerprint density at radius 3 is 2.54 bits per heavy atom. The number of Topliss-reactive ketones (excluding diaryl/α,β-unsaturated/α-hetero) is 1. The van der Waals surface area contributed by atoms with Gasteiger partial charge in [-0.15, -0.1) is 0 Å². The van der Waals surface area contributed by atoms with Crippen molar-refractivity contribution in [3.05, 3.63) is 89.2 Å². The van der Waals surface area contributed by atoms with Crippen LogP contribution in [0.3, 0.4) is 0 Å². The van der Waals surface area contributed by atoms with E-state index in [2.05, 4.69) is 30.8 Å². The topological polar surface area (TPSA) is 95.6 Å². The summed E-state index contributed by atoms with van der Waals surface area (Å²) in [5.41, 5.74) is 1.69. The number of benzene rings is 2. The average molecular weight is 478 g/mol. The van der Waals surface area contributed by atoms with Gasteiger partial charge in [0.25, 0.3) is 0 Å². The molecule has 0 unspecified atom stereocenters. The number of H-pyrrole nitrogens is 1. The summed E-state index contributed by atoms with van der Waals surface area (Å²) in [7, 11) is 0. The van der Waals surface area contributed by atoms with Gasteiger partial charge in [0, 0.05) is 41.5 Å². The normalized spacial score (nSPS) is 13.5. The van der Waals surface area contributed by atoms with E-state index in [0.29, 0.717) is 34.8 Å². The maximum atomic E-state index is 12.9. The first kappa shape index (κ1) is 22.6. The van der Waals surface area contributed by atoms with E-state index in [1.807, 2.05) is 6.07 Å². The maximum Gasteiger partial charge on any atom is 0.416 e. The van der Waals surface area contributed by atoms with Gasteiger partial charge in [0.1, 0.15) is 5.82 Å². The highest BCUT2D eigenvalue weighted by Crippen LogP contribution is 2.39. The van der Waals surface area contributed by atoms with Crippen molar-refractivity contribution < 1.29 is 18.0 Å². The Balaban J connectivity index is 1.21. The summed E-state index contributed by atoms with van der Waals surface area (Å²) in [5.74, 6) is 1.83. The molecule has 0 bridgehead atoms. The average Bonchev–Trinajstić information content (AvgIpc) is 3.59. The SMILES string of the molecule is O=C(Cc1ccc(Nc2nccc(Nc3cc(C4CC4)[nH]n3)n2)cc1)c1cccc(C(F)(F)F)c1. The van der Waals surface area contributed by atoms with Gasteiger partial charge >= 0.3 is 6.18 Å². The van der Waals surface area contributed by atoms with Crippen LogP contribution in [0, 0.1) is 0 Å². The number of alkyl halides is 3. The van der Waals surface area contributed by atoms with Crippen molar-refractivity contribution in [2.24, 2.45) is 0 Å². The van der Waals surface area contributed by atoms with Crippen LogP contribution in [0.2, 0.25) is 0 Å². The summed E-state index contributed by atoms with van der Waals surface area (Å²) in [6.07, 6.45) is -0.517. The fourth-order valence-electron chi connectivity index (χ4n) is 3.62. The van der Waals surface area contributed by atoms with Gasteiger partial charge in [0.2, 0.25) is 5.95 Å². The minimum atomic E-state index is -4.49. The van der Waals surface area contributed by atoms with Gasteiger partial charge < -0.3 is 10.6 Å². The van der Waals surface area contributed by atoms with Gasteiger partial charge in [-0.05, 0) is 48.7 Å². The number of nitrogens with zero attached hydrogens (tertiary/aromatic N) is 3. The molecule has 1 fully saturated rings. The lowest BCUT2D eigenvalue weighted by molar-refractivity contribution is -0.137. The van der Waals surface area contributed by atoms with E-state index >= 15 is 0 Å². The van der Waals surface area contributed by atoms with Crippen LogP contribution in [0.15, 0.2) is 66.9 Å². The van der Waals surface area contributed by atoms with Gasteiger partial charge in [-0.2, -0.15) is 23.3 Å². The molecule has 2 aromatic heterocycles. The van der Waals surface area contributed by atoms with Crippen LogP contribution in [0.25, 0.3) is 0 Å². The fourth-order valence-corrected chi connectivity index (χ4v) is 3.62. The summed E-state index contributed by atoms with van der Waals surface area (Å²) in [5, 5.41) is 13.5. The van der Waals surface area contributed by atoms with Crippen LogP contribution in [-0.2, 0) is 12.6 Å². The molecule has 10 heteroatoms. The Morgan fingerprint density at radius 1 is 1.00 bits per heavy atom. The highest BCUT2D eigenvalue weighted by atomic mass is 19.4. The van der Waals surface area contributed by atoms with E-state index < -0.39 is 11.7 Å². The smallest absolute Gasteiger partial charge is 0.324 e. The molecule has 178 valence electrons. The zero-order valence-electron chi connectivity index (χ0n) is 18.4. The second kappa shape index (κ2) is 9.21. The second-order valence-electron chi connectivity index (χ2n) is 8.37. The third-order valence-corrected chi connectivity index (χ3v) is 5.61. The number of carbonyl (C=O) groups is 1. The molecule has 0 saturated heterocycles. The molecular formula is C25H21F3N6O. The van der Waals surface area contributed by atoms with Gasteiger partial charge in [-0.3, -0.25) is 9.89 Å². The molecule has 1 aliphatic carbocycles. The van der Waals surface area contributed by atoms with E-state index in [9.17, 15) is 18.0 Å². The highest BCUT2D eigenvalue weighted by Gasteiger charge is 2.30. The molecule has 0 aliphatic heterocycles. The number of nitrogens with one attached hydrogen (secondary N) is 3. The van der Waals surface area contributed by atoms with E-state index in [-0.39, 0.29) is 17.8 Å². The molecule has 2 aromatic carbocycles. The Morgan fingerprint density at radius 2 is 1.80 bits per heavy atom. The van der Waals surface area contributed by atoms with Crippen LogP contribution in [0.4, 0.5) is 36.4 Å². The molecule has 4 aromatic rings. The van der Waals surface area contributed by atoms with Gasteiger partial charge in [-0.25, -0.2) is 4.98 Å². The molecule has 7 nitrogen and oxygen atoms in total. The minimum absolute atomic E-state index is 0.00991. The number of rotatable bonds is 8. The Labute approximate surface area is 198 Å². The van der Waals surface area contributed by atoms with Crippen molar-refractivity contribution in [1.29, 1.82) is 0 Å². The molecule has 2 heterocycles. The standard InChI is InChI=1S/C25H21F3N6O/c26-25(27,28)18-3-1-2-17(13-18)21(35)12-15-4-8-19(9-5-15)30-24-29-11-10-22(32-24)31-23-14-20(33-34-23)16-6-7-16/h1-5,8-11,13-14,16H,6-7,12H2,(H3,29,30,31,32,33,34). The van der Waals surface area contributed by atoms with Gasteiger partial charge in [0.05, 0.1) is 5.56 Å². The minimum Gasteiger partial charge on any atom is -0.324 e.